The first-order valence-corrected chi connectivity index (χ1v) is 7.87. The number of carbonyl (C=O) groups is 2. The Balaban J connectivity index is 0.00000264. The number of halogens is 1. The molecule has 5 nitrogen and oxygen atoms in total. The molecule has 23 heavy (non-hydrogen) atoms. The van der Waals surface area contributed by atoms with E-state index in [-0.39, 0.29) is 36.2 Å². The van der Waals surface area contributed by atoms with Crippen molar-refractivity contribution < 1.29 is 9.59 Å². The Labute approximate surface area is 144 Å². The maximum absolute atomic E-state index is 12.2. The summed E-state index contributed by atoms with van der Waals surface area (Å²) in [6, 6.07) is 7.98. The number of rotatable bonds is 6. The lowest BCUT2D eigenvalue weighted by Gasteiger charge is -2.17. The zero-order valence-corrected chi connectivity index (χ0v) is 14.6. The van der Waals surface area contributed by atoms with Gasteiger partial charge in [-0.3, -0.25) is 9.59 Å². The van der Waals surface area contributed by atoms with Crippen molar-refractivity contribution in [3.8, 4) is 0 Å². The zero-order valence-electron chi connectivity index (χ0n) is 13.7. The number of fused-ring (bicyclic) bond motifs is 1. The van der Waals surface area contributed by atoms with Gasteiger partial charge in [-0.15, -0.1) is 12.4 Å². The summed E-state index contributed by atoms with van der Waals surface area (Å²) in [6.45, 7) is 5.54. The van der Waals surface area contributed by atoms with Crippen molar-refractivity contribution in [3.05, 3.63) is 35.4 Å². The monoisotopic (exact) mass is 339 g/mol. The summed E-state index contributed by atoms with van der Waals surface area (Å²) in [5.41, 5.74) is 8.15. The van der Waals surface area contributed by atoms with E-state index in [1.165, 1.54) is 11.1 Å². The highest BCUT2D eigenvalue weighted by Gasteiger charge is 2.22. The Kier molecular flexibility index (Phi) is 7.52. The molecule has 1 heterocycles. The number of nitrogens with two attached hydrogens (primary N) is 1. The van der Waals surface area contributed by atoms with Gasteiger partial charge in [-0.2, -0.15) is 0 Å². The van der Waals surface area contributed by atoms with Gasteiger partial charge in [-0.1, -0.05) is 31.2 Å². The zero-order chi connectivity index (χ0) is 16.1. The highest BCUT2D eigenvalue weighted by Crippen LogP contribution is 2.22. The fourth-order valence-electron chi connectivity index (χ4n) is 2.52. The van der Waals surface area contributed by atoms with Gasteiger partial charge in [-0.05, 0) is 24.5 Å². The third kappa shape index (κ3) is 5.22. The van der Waals surface area contributed by atoms with Crippen LogP contribution in [0.2, 0.25) is 0 Å². The van der Waals surface area contributed by atoms with Crippen LogP contribution in [0, 0.1) is 5.92 Å². The number of hydrogen-bond acceptors (Lipinski definition) is 3. The van der Waals surface area contributed by atoms with E-state index in [1.54, 1.807) is 0 Å². The van der Waals surface area contributed by atoms with Crippen molar-refractivity contribution in [1.29, 1.82) is 0 Å². The Hall–Kier alpha value is -1.59. The maximum Gasteiger partial charge on any atom is 0.224 e. The van der Waals surface area contributed by atoms with E-state index in [0.29, 0.717) is 32.5 Å². The molecule has 0 aliphatic carbocycles. The van der Waals surface area contributed by atoms with Gasteiger partial charge in [0.2, 0.25) is 11.8 Å². The van der Waals surface area contributed by atoms with Gasteiger partial charge in [0.1, 0.15) is 0 Å². The number of nitrogens with zero attached hydrogens (tertiary/aromatic N) is 1. The fourth-order valence-corrected chi connectivity index (χ4v) is 2.52. The first-order valence-electron chi connectivity index (χ1n) is 7.87. The molecule has 1 aliphatic rings. The number of hydrogen-bond donors (Lipinski definition) is 2. The van der Waals surface area contributed by atoms with Gasteiger partial charge >= 0.3 is 0 Å². The number of nitrogens with one attached hydrogen (secondary N) is 1. The van der Waals surface area contributed by atoms with Crippen LogP contribution in [0.3, 0.4) is 0 Å². The van der Waals surface area contributed by atoms with Crippen LogP contribution in [-0.2, 0) is 22.7 Å². The first kappa shape index (κ1) is 19.5. The highest BCUT2D eigenvalue weighted by atomic mass is 35.5. The van der Waals surface area contributed by atoms with E-state index in [9.17, 15) is 9.59 Å². The van der Waals surface area contributed by atoms with Crippen molar-refractivity contribution in [2.75, 3.05) is 6.54 Å². The van der Waals surface area contributed by atoms with Crippen LogP contribution in [0.4, 0.5) is 0 Å². The molecule has 0 saturated heterocycles. The molecule has 1 aliphatic heterocycles. The lowest BCUT2D eigenvalue weighted by molar-refractivity contribution is -0.132. The summed E-state index contributed by atoms with van der Waals surface area (Å²) in [4.78, 5) is 25.8. The van der Waals surface area contributed by atoms with E-state index in [2.05, 4.69) is 17.4 Å². The van der Waals surface area contributed by atoms with Crippen molar-refractivity contribution in [1.82, 2.24) is 10.2 Å². The van der Waals surface area contributed by atoms with E-state index in [4.69, 9.17) is 5.73 Å². The quantitative estimate of drug-likeness (QED) is 0.776. The molecule has 0 spiro atoms. The van der Waals surface area contributed by atoms with Gasteiger partial charge < -0.3 is 16.0 Å². The smallest absolute Gasteiger partial charge is 0.224 e. The molecule has 1 aromatic rings. The largest absolute Gasteiger partial charge is 0.356 e. The molecule has 0 fully saturated rings. The van der Waals surface area contributed by atoms with E-state index in [1.807, 2.05) is 30.9 Å². The molecule has 0 saturated carbocycles. The second-order valence-electron chi connectivity index (χ2n) is 6.06. The Morgan fingerprint density at radius 2 is 1.78 bits per heavy atom. The number of benzene rings is 1. The predicted octanol–water partition coefficient (Wildman–Crippen LogP) is 1.83. The van der Waals surface area contributed by atoms with Crippen molar-refractivity contribution in [3.63, 3.8) is 0 Å². The SMILES string of the molecule is CC(N)C(C)C(=O)NCCCC(=O)N1Cc2ccccc2C1.Cl. The molecular formula is C17H26ClN3O2. The Morgan fingerprint density at radius 3 is 2.30 bits per heavy atom. The van der Waals surface area contributed by atoms with Crippen LogP contribution in [0.25, 0.3) is 0 Å². The fraction of sp³-hybridized carbons (Fsp3) is 0.529. The lowest BCUT2D eigenvalue weighted by atomic mass is 10.0. The second kappa shape index (κ2) is 8.89. The van der Waals surface area contributed by atoms with Crippen molar-refractivity contribution in [2.45, 2.75) is 45.8 Å². The normalized spacial score (nSPS) is 15.3. The second-order valence-corrected chi connectivity index (χ2v) is 6.06. The summed E-state index contributed by atoms with van der Waals surface area (Å²) in [5.74, 6) is -0.106. The van der Waals surface area contributed by atoms with Crippen LogP contribution in [0.15, 0.2) is 24.3 Å². The van der Waals surface area contributed by atoms with Crippen LogP contribution >= 0.6 is 12.4 Å². The molecule has 2 rings (SSSR count). The average molecular weight is 340 g/mol. The molecule has 2 atom stereocenters. The highest BCUT2D eigenvalue weighted by molar-refractivity contribution is 5.85. The topological polar surface area (TPSA) is 75.4 Å². The van der Waals surface area contributed by atoms with E-state index in [0.717, 1.165) is 0 Å². The van der Waals surface area contributed by atoms with Crippen LogP contribution < -0.4 is 11.1 Å². The van der Waals surface area contributed by atoms with Crippen LogP contribution in [0.1, 0.15) is 37.8 Å². The summed E-state index contributed by atoms with van der Waals surface area (Å²) in [5, 5.41) is 2.84. The molecule has 2 amide bonds. The van der Waals surface area contributed by atoms with Gasteiger partial charge in [0.05, 0.1) is 0 Å². The van der Waals surface area contributed by atoms with Crippen molar-refractivity contribution in [2.24, 2.45) is 11.7 Å². The minimum Gasteiger partial charge on any atom is -0.356 e. The summed E-state index contributed by atoms with van der Waals surface area (Å²) in [7, 11) is 0. The molecule has 0 aromatic heterocycles. The van der Waals surface area contributed by atoms with Gasteiger partial charge in [0.25, 0.3) is 0 Å². The summed E-state index contributed by atoms with van der Waals surface area (Å²) >= 11 is 0. The first-order chi connectivity index (χ1) is 10.5. The van der Waals surface area contributed by atoms with Crippen LogP contribution in [-0.4, -0.2) is 29.3 Å². The molecular weight excluding hydrogens is 314 g/mol. The standard InChI is InChI=1S/C17H25N3O2.ClH/c1-12(13(2)18)17(22)19-9-5-8-16(21)20-10-14-6-3-4-7-15(14)11-20;/h3-4,6-7,12-13H,5,8-11,18H2,1-2H3,(H,19,22);1H. The van der Waals surface area contributed by atoms with Gasteiger partial charge in [0, 0.05) is 38.0 Å². The molecule has 3 N–H and O–H groups in total. The Morgan fingerprint density at radius 1 is 1.22 bits per heavy atom. The van der Waals surface area contributed by atoms with Crippen LogP contribution in [0.5, 0.6) is 0 Å². The Bertz CT molecular complexity index is 523. The summed E-state index contributed by atoms with van der Waals surface area (Å²) < 4.78 is 0. The molecule has 2 unspecified atom stereocenters. The minimum absolute atomic E-state index is 0. The number of carbonyl (C=O) groups excluding carboxylic acids is 2. The lowest BCUT2D eigenvalue weighted by Crippen LogP contribution is -2.39. The summed E-state index contributed by atoms with van der Waals surface area (Å²) in [6.07, 6.45) is 1.11. The molecule has 6 heteroatoms. The molecule has 0 radical (unpaired) electrons. The average Bonchev–Trinajstić information content (AvgIpc) is 2.94. The minimum atomic E-state index is -0.205. The predicted molar refractivity (Wildman–Crippen MR) is 93.0 cm³/mol. The maximum atomic E-state index is 12.2. The van der Waals surface area contributed by atoms with E-state index < -0.39 is 0 Å². The molecule has 1 aromatic carbocycles. The third-order valence-electron chi connectivity index (χ3n) is 4.26. The van der Waals surface area contributed by atoms with Gasteiger partial charge in [-0.25, -0.2) is 0 Å². The van der Waals surface area contributed by atoms with Crippen molar-refractivity contribution >= 4 is 24.2 Å². The number of amides is 2. The van der Waals surface area contributed by atoms with Gasteiger partial charge in [0.15, 0.2) is 0 Å². The third-order valence-corrected chi connectivity index (χ3v) is 4.26. The van der Waals surface area contributed by atoms with E-state index >= 15 is 0 Å². The molecule has 128 valence electrons. The molecule has 0 bridgehead atoms.